The zero-order valence-corrected chi connectivity index (χ0v) is 17.6. The summed E-state index contributed by atoms with van der Waals surface area (Å²) >= 11 is 0. The molecule has 2 fully saturated rings. The number of fused-ring (bicyclic) bond motifs is 1. The van der Waals surface area contributed by atoms with Gasteiger partial charge in [0.15, 0.2) is 0 Å². The van der Waals surface area contributed by atoms with Gasteiger partial charge in [-0.15, -0.1) is 0 Å². The minimum absolute atomic E-state index is 0.133. The maximum absolute atomic E-state index is 11.0. The van der Waals surface area contributed by atoms with Crippen LogP contribution >= 0.6 is 0 Å². The van der Waals surface area contributed by atoms with Gasteiger partial charge in [-0.1, -0.05) is 37.5 Å². The summed E-state index contributed by atoms with van der Waals surface area (Å²) in [5, 5.41) is 9.98. The third-order valence-corrected chi connectivity index (χ3v) is 7.50. The van der Waals surface area contributed by atoms with E-state index in [1.165, 1.54) is 36.1 Å². The Morgan fingerprint density at radius 3 is 2.43 bits per heavy atom. The lowest BCUT2D eigenvalue weighted by atomic mass is 9.67. The molecule has 2 aromatic rings. The van der Waals surface area contributed by atoms with Gasteiger partial charge in [-0.2, -0.15) is 0 Å². The lowest BCUT2D eigenvalue weighted by molar-refractivity contribution is -0.111. The van der Waals surface area contributed by atoms with Gasteiger partial charge in [-0.25, -0.2) is 0 Å². The number of carbonyl (C=O) groups is 1. The highest BCUT2D eigenvalue weighted by Gasteiger charge is 2.46. The van der Waals surface area contributed by atoms with Crippen molar-refractivity contribution in [2.75, 3.05) is 18.0 Å². The van der Waals surface area contributed by atoms with Crippen LogP contribution in [0.3, 0.4) is 0 Å². The van der Waals surface area contributed by atoms with Gasteiger partial charge in [0.25, 0.3) is 0 Å². The number of benzene rings is 2. The van der Waals surface area contributed by atoms with E-state index in [0.29, 0.717) is 12.4 Å². The van der Waals surface area contributed by atoms with E-state index in [2.05, 4.69) is 35.2 Å². The van der Waals surface area contributed by atoms with Crippen LogP contribution in [-0.4, -0.2) is 30.1 Å². The lowest BCUT2D eigenvalue weighted by Crippen LogP contribution is -2.44. The molecule has 2 aromatic carbocycles. The van der Waals surface area contributed by atoms with Crippen molar-refractivity contribution in [3.8, 4) is 5.75 Å². The highest BCUT2D eigenvalue weighted by molar-refractivity contribution is 5.56. The quantitative estimate of drug-likeness (QED) is 0.716. The summed E-state index contributed by atoms with van der Waals surface area (Å²) in [6.45, 7) is 2.48. The van der Waals surface area contributed by atoms with Crippen LogP contribution in [0.1, 0.15) is 67.6 Å². The zero-order chi connectivity index (χ0) is 20.6. The number of carbonyl (C=O) groups excluding carboxylic acids is 1. The summed E-state index contributed by atoms with van der Waals surface area (Å²) in [6, 6.07) is 14.8. The number of hydrogen-bond acceptors (Lipinski definition) is 4. The minimum Gasteiger partial charge on any atom is -0.508 e. The van der Waals surface area contributed by atoms with E-state index in [4.69, 9.17) is 4.74 Å². The monoisotopic (exact) mass is 405 g/mol. The Bertz CT molecular complexity index is 893. The van der Waals surface area contributed by atoms with Gasteiger partial charge in [0.05, 0.1) is 12.2 Å². The van der Waals surface area contributed by atoms with Crippen LogP contribution in [-0.2, 0) is 16.1 Å². The van der Waals surface area contributed by atoms with Crippen LogP contribution in [0.25, 0.3) is 0 Å². The number of hydrogen-bond donors (Lipinski definition) is 1. The van der Waals surface area contributed by atoms with E-state index in [0.717, 1.165) is 50.6 Å². The summed E-state index contributed by atoms with van der Waals surface area (Å²) in [5.41, 5.74) is 4.82. The first-order valence-corrected chi connectivity index (χ1v) is 11.4. The summed E-state index contributed by atoms with van der Waals surface area (Å²) in [7, 11) is 0. The molecule has 158 valence electrons. The van der Waals surface area contributed by atoms with Gasteiger partial charge in [0.1, 0.15) is 12.0 Å². The standard InChI is InChI=1S/C26H31NO3/c28-17-19-10-14-27(15-11-19)22-6-4-20(5-7-22)25-24-9-8-23(29)16-21(24)18-30-26(25)12-2-1-3-13-26/h4-9,16-17,19,25,29H,1-3,10-15,18H2/t25-/m1/s1. The predicted octanol–water partition coefficient (Wildman–Crippen LogP) is 5.17. The Hall–Kier alpha value is -2.33. The van der Waals surface area contributed by atoms with Crippen molar-refractivity contribution in [1.29, 1.82) is 0 Å². The van der Waals surface area contributed by atoms with E-state index in [1.54, 1.807) is 0 Å². The Morgan fingerprint density at radius 2 is 1.73 bits per heavy atom. The van der Waals surface area contributed by atoms with Crippen LogP contribution in [0, 0.1) is 5.92 Å². The van der Waals surface area contributed by atoms with Crippen molar-refractivity contribution in [1.82, 2.24) is 0 Å². The van der Waals surface area contributed by atoms with Crippen molar-refractivity contribution in [3.05, 3.63) is 59.2 Å². The molecule has 0 aromatic heterocycles. The second-order valence-electron chi connectivity index (χ2n) is 9.28. The van der Waals surface area contributed by atoms with Crippen LogP contribution in [0.2, 0.25) is 0 Å². The van der Waals surface area contributed by atoms with Crippen LogP contribution in [0.15, 0.2) is 42.5 Å². The van der Waals surface area contributed by atoms with Gasteiger partial charge in [0.2, 0.25) is 0 Å². The Balaban J connectivity index is 1.46. The maximum Gasteiger partial charge on any atom is 0.123 e. The highest BCUT2D eigenvalue weighted by atomic mass is 16.5. The molecular formula is C26H31NO3. The molecule has 30 heavy (non-hydrogen) atoms. The topological polar surface area (TPSA) is 49.8 Å². The van der Waals surface area contributed by atoms with Crippen LogP contribution in [0.5, 0.6) is 5.75 Å². The first kappa shape index (κ1) is 19.6. The molecule has 5 rings (SSSR count). The van der Waals surface area contributed by atoms with E-state index >= 15 is 0 Å². The average molecular weight is 406 g/mol. The smallest absolute Gasteiger partial charge is 0.123 e. The number of nitrogens with zero attached hydrogens (tertiary/aromatic N) is 1. The summed E-state index contributed by atoms with van der Waals surface area (Å²) in [6.07, 6.45) is 8.92. The fourth-order valence-electron chi connectivity index (χ4n) is 5.82. The van der Waals surface area contributed by atoms with E-state index in [9.17, 15) is 9.90 Å². The van der Waals surface area contributed by atoms with Crippen LogP contribution < -0.4 is 4.90 Å². The second-order valence-corrected chi connectivity index (χ2v) is 9.28. The Kier molecular flexibility index (Phi) is 5.28. The van der Waals surface area contributed by atoms with Crippen molar-refractivity contribution in [3.63, 3.8) is 0 Å². The Morgan fingerprint density at radius 1 is 1.00 bits per heavy atom. The van der Waals surface area contributed by atoms with Gasteiger partial charge < -0.3 is 19.5 Å². The maximum atomic E-state index is 11.0. The normalized spacial score (nSPS) is 23.9. The number of phenols is 1. The third kappa shape index (κ3) is 3.51. The third-order valence-electron chi connectivity index (χ3n) is 7.50. The molecular weight excluding hydrogens is 374 g/mol. The van der Waals surface area contributed by atoms with Crippen LogP contribution in [0.4, 0.5) is 5.69 Å². The van der Waals surface area contributed by atoms with Crippen molar-refractivity contribution in [2.24, 2.45) is 5.92 Å². The SMILES string of the molecule is O=CC1CCN(c2ccc([C@@H]3c4ccc(O)cc4COC34CCCCC4)cc2)CC1. The van der Waals surface area contributed by atoms with Crippen molar-refractivity contribution in [2.45, 2.75) is 63.1 Å². The number of rotatable bonds is 3. The number of aldehydes is 1. The molecule has 0 bridgehead atoms. The van der Waals surface area contributed by atoms with Gasteiger partial charge in [-0.05, 0) is 66.6 Å². The molecule has 4 heteroatoms. The molecule has 1 atom stereocenters. The molecule has 3 aliphatic rings. The summed E-state index contributed by atoms with van der Waals surface area (Å²) in [4.78, 5) is 13.4. The first-order chi connectivity index (χ1) is 14.7. The zero-order valence-electron chi connectivity index (χ0n) is 17.6. The molecule has 2 heterocycles. The lowest BCUT2D eigenvalue weighted by Gasteiger charge is -2.47. The minimum atomic E-state index is -0.133. The van der Waals surface area contributed by atoms with E-state index < -0.39 is 0 Å². The molecule has 0 unspecified atom stereocenters. The number of piperidine rings is 1. The van der Waals surface area contributed by atoms with E-state index in [1.807, 2.05) is 12.1 Å². The molecule has 1 N–H and O–H groups in total. The predicted molar refractivity (Wildman–Crippen MR) is 118 cm³/mol. The Labute approximate surface area is 178 Å². The van der Waals surface area contributed by atoms with Gasteiger partial charge >= 0.3 is 0 Å². The highest BCUT2D eigenvalue weighted by Crippen LogP contribution is 2.51. The molecule has 2 aliphatic heterocycles. The van der Waals surface area contributed by atoms with Crippen molar-refractivity contribution < 1.29 is 14.6 Å². The molecule has 0 amide bonds. The molecule has 0 radical (unpaired) electrons. The molecule has 1 saturated carbocycles. The number of phenolic OH excluding ortho intramolecular Hbond substituents is 1. The molecule has 1 spiro atoms. The molecule has 1 saturated heterocycles. The number of aromatic hydroxyl groups is 1. The molecule has 1 aliphatic carbocycles. The van der Waals surface area contributed by atoms with Crippen molar-refractivity contribution >= 4 is 12.0 Å². The summed E-state index contributed by atoms with van der Waals surface area (Å²) in [5.74, 6) is 0.737. The summed E-state index contributed by atoms with van der Waals surface area (Å²) < 4.78 is 6.57. The largest absolute Gasteiger partial charge is 0.508 e. The van der Waals surface area contributed by atoms with Gasteiger partial charge in [0, 0.05) is 30.6 Å². The average Bonchev–Trinajstić information content (AvgIpc) is 2.80. The fraction of sp³-hybridized carbons (Fsp3) is 0.500. The second kappa shape index (κ2) is 8.07. The van der Waals surface area contributed by atoms with E-state index in [-0.39, 0.29) is 17.4 Å². The first-order valence-electron chi connectivity index (χ1n) is 11.4. The number of ether oxygens (including phenoxy) is 1. The van der Waals surface area contributed by atoms with Gasteiger partial charge in [-0.3, -0.25) is 0 Å². The fourth-order valence-corrected chi connectivity index (χ4v) is 5.82. The number of anilines is 1. The molecule has 4 nitrogen and oxygen atoms in total.